The zero-order chi connectivity index (χ0) is 13.3. The Labute approximate surface area is 103 Å². The van der Waals surface area contributed by atoms with Gasteiger partial charge in [-0.25, -0.2) is 0 Å². The van der Waals surface area contributed by atoms with Gasteiger partial charge in [-0.1, -0.05) is 34.6 Å². The van der Waals surface area contributed by atoms with Gasteiger partial charge in [0.1, 0.15) is 12.4 Å². The fourth-order valence-electron chi connectivity index (χ4n) is 1.75. The van der Waals surface area contributed by atoms with Crippen LogP contribution in [-0.2, 0) is 14.3 Å². The van der Waals surface area contributed by atoms with Gasteiger partial charge in [-0.15, -0.1) is 0 Å². The molecule has 1 rings (SSSR count). The van der Waals surface area contributed by atoms with Gasteiger partial charge in [0.05, 0.1) is 0 Å². The molecule has 0 spiro atoms. The summed E-state index contributed by atoms with van der Waals surface area (Å²) in [4.78, 5) is 23.2. The van der Waals surface area contributed by atoms with Crippen molar-refractivity contribution in [1.29, 1.82) is 0 Å². The van der Waals surface area contributed by atoms with Crippen LogP contribution in [0.3, 0.4) is 0 Å². The summed E-state index contributed by atoms with van der Waals surface area (Å²) in [5.74, 6) is 0.775. The van der Waals surface area contributed by atoms with Crippen molar-refractivity contribution in [2.45, 2.75) is 47.5 Å². The molecule has 0 bridgehead atoms. The second-order valence-electron chi connectivity index (χ2n) is 6.56. The van der Waals surface area contributed by atoms with Crippen LogP contribution in [0.15, 0.2) is 11.8 Å². The summed E-state index contributed by atoms with van der Waals surface area (Å²) >= 11 is 0. The number of allylic oxidation sites excluding steroid dienone is 2. The maximum atomic E-state index is 11.7. The number of ether oxygens (including phenoxy) is 1. The van der Waals surface area contributed by atoms with Gasteiger partial charge < -0.3 is 4.74 Å². The number of rotatable bonds is 3. The molecule has 1 aliphatic carbocycles. The Morgan fingerprint density at radius 3 is 2.41 bits per heavy atom. The zero-order valence-corrected chi connectivity index (χ0v) is 11.4. The Morgan fingerprint density at radius 1 is 1.35 bits per heavy atom. The van der Waals surface area contributed by atoms with Crippen LogP contribution in [0.2, 0.25) is 0 Å². The van der Waals surface area contributed by atoms with Crippen LogP contribution in [0.25, 0.3) is 0 Å². The summed E-state index contributed by atoms with van der Waals surface area (Å²) in [5, 5.41) is 0. The molecule has 0 aromatic heterocycles. The number of carbonyl (C=O) groups is 2. The molecule has 0 N–H and O–H groups in total. The van der Waals surface area contributed by atoms with Crippen molar-refractivity contribution in [1.82, 2.24) is 0 Å². The Hall–Kier alpha value is -1.12. The van der Waals surface area contributed by atoms with Crippen molar-refractivity contribution in [2.24, 2.45) is 10.8 Å². The van der Waals surface area contributed by atoms with Crippen LogP contribution in [-0.4, -0.2) is 18.2 Å². The van der Waals surface area contributed by atoms with E-state index in [1.165, 1.54) is 6.08 Å². The molecule has 0 saturated carbocycles. The maximum Gasteiger partial charge on any atom is 0.175 e. The van der Waals surface area contributed by atoms with Gasteiger partial charge in [-0.3, -0.25) is 9.59 Å². The molecule has 0 aliphatic heterocycles. The highest BCUT2D eigenvalue weighted by Crippen LogP contribution is 2.34. The van der Waals surface area contributed by atoms with Crippen LogP contribution < -0.4 is 0 Å². The van der Waals surface area contributed by atoms with Crippen molar-refractivity contribution in [3.63, 3.8) is 0 Å². The first-order valence-corrected chi connectivity index (χ1v) is 6.00. The van der Waals surface area contributed by atoms with E-state index in [1.54, 1.807) is 0 Å². The highest BCUT2D eigenvalue weighted by atomic mass is 16.5. The van der Waals surface area contributed by atoms with E-state index in [9.17, 15) is 9.59 Å². The van der Waals surface area contributed by atoms with Crippen molar-refractivity contribution in [3.05, 3.63) is 11.8 Å². The summed E-state index contributed by atoms with van der Waals surface area (Å²) < 4.78 is 5.47. The zero-order valence-electron chi connectivity index (χ0n) is 11.4. The van der Waals surface area contributed by atoms with Crippen molar-refractivity contribution < 1.29 is 14.3 Å². The van der Waals surface area contributed by atoms with E-state index in [1.807, 2.05) is 34.6 Å². The number of hydrogen-bond acceptors (Lipinski definition) is 3. The fraction of sp³-hybridized carbons (Fsp3) is 0.714. The molecule has 3 nitrogen and oxygen atoms in total. The van der Waals surface area contributed by atoms with E-state index >= 15 is 0 Å². The van der Waals surface area contributed by atoms with Crippen molar-refractivity contribution in [2.75, 3.05) is 6.61 Å². The predicted molar refractivity (Wildman–Crippen MR) is 66.5 cm³/mol. The minimum Gasteiger partial charge on any atom is -0.490 e. The Morgan fingerprint density at radius 2 is 1.94 bits per heavy atom. The normalized spacial score (nSPS) is 19.8. The van der Waals surface area contributed by atoms with E-state index in [2.05, 4.69) is 0 Å². The minimum atomic E-state index is -0.394. The molecule has 0 amide bonds. The topological polar surface area (TPSA) is 43.4 Å². The lowest BCUT2D eigenvalue weighted by Crippen LogP contribution is -2.27. The molecule has 0 aromatic carbocycles. The van der Waals surface area contributed by atoms with Gasteiger partial charge in [-0.05, 0) is 5.41 Å². The highest BCUT2D eigenvalue weighted by Gasteiger charge is 2.29. The van der Waals surface area contributed by atoms with Gasteiger partial charge in [-0.2, -0.15) is 0 Å². The molecular formula is C14H22O3. The van der Waals surface area contributed by atoms with Crippen molar-refractivity contribution >= 4 is 11.6 Å². The van der Waals surface area contributed by atoms with Gasteiger partial charge in [0.2, 0.25) is 0 Å². The largest absolute Gasteiger partial charge is 0.490 e. The monoisotopic (exact) mass is 238 g/mol. The van der Waals surface area contributed by atoms with E-state index in [4.69, 9.17) is 4.74 Å². The summed E-state index contributed by atoms with van der Waals surface area (Å²) in [6, 6.07) is 0. The third-order valence-corrected chi connectivity index (χ3v) is 2.85. The van der Waals surface area contributed by atoms with Crippen LogP contribution in [0.1, 0.15) is 47.5 Å². The summed E-state index contributed by atoms with van der Waals surface area (Å²) in [6.07, 6.45) is 2.80. The molecule has 17 heavy (non-hydrogen) atoms. The number of ketones is 2. The predicted octanol–water partition coefficient (Wildman–Crippen LogP) is 2.89. The average Bonchev–Trinajstić information content (AvgIpc) is 2.09. The fourth-order valence-corrected chi connectivity index (χ4v) is 1.75. The first kappa shape index (κ1) is 13.9. The van der Waals surface area contributed by atoms with Gasteiger partial charge in [0, 0.05) is 24.3 Å². The molecule has 96 valence electrons. The highest BCUT2D eigenvalue weighted by molar-refractivity contribution is 5.91. The summed E-state index contributed by atoms with van der Waals surface area (Å²) in [6.45, 7) is 9.72. The molecule has 0 unspecified atom stereocenters. The number of carbonyl (C=O) groups excluding carboxylic acids is 2. The third kappa shape index (κ3) is 4.33. The Balaban J connectivity index is 2.59. The summed E-state index contributed by atoms with van der Waals surface area (Å²) in [5.41, 5.74) is -0.458. The van der Waals surface area contributed by atoms with Gasteiger partial charge in [0.25, 0.3) is 0 Å². The third-order valence-electron chi connectivity index (χ3n) is 2.85. The molecule has 0 fully saturated rings. The number of Topliss-reactive ketones (excluding diaryl/α,β-unsaturated/α-hetero) is 1. The molecule has 1 aliphatic rings. The second kappa shape index (κ2) is 4.63. The number of hydrogen-bond donors (Lipinski definition) is 0. The second-order valence-corrected chi connectivity index (χ2v) is 6.56. The first-order chi connectivity index (χ1) is 7.60. The smallest absolute Gasteiger partial charge is 0.175 e. The lowest BCUT2D eigenvalue weighted by Gasteiger charge is -2.28. The first-order valence-electron chi connectivity index (χ1n) is 6.00. The van der Waals surface area contributed by atoms with Crippen LogP contribution in [0, 0.1) is 10.8 Å². The average molecular weight is 238 g/mol. The molecule has 0 aromatic rings. The van der Waals surface area contributed by atoms with Crippen LogP contribution >= 0.6 is 0 Å². The van der Waals surface area contributed by atoms with E-state index in [0.717, 1.165) is 6.42 Å². The lowest BCUT2D eigenvalue weighted by atomic mass is 9.79. The molecule has 0 atom stereocenters. The summed E-state index contributed by atoms with van der Waals surface area (Å²) in [7, 11) is 0. The van der Waals surface area contributed by atoms with E-state index < -0.39 is 5.41 Å². The van der Waals surface area contributed by atoms with Gasteiger partial charge in [0.15, 0.2) is 11.6 Å². The van der Waals surface area contributed by atoms with Crippen LogP contribution in [0.4, 0.5) is 0 Å². The minimum absolute atomic E-state index is 0.0502. The quantitative estimate of drug-likeness (QED) is 0.759. The maximum absolute atomic E-state index is 11.7. The molecule has 0 radical (unpaired) electrons. The standard InChI is InChI=1S/C14H22O3/c1-13(2,3)12(16)9-17-11-6-10(15)7-14(4,5)8-11/h6H,7-9H2,1-5H3. The molecule has 0 heterocycles. The van der Waals surface area contributed by atoms with Gasteiger partial charge >= 0.3 is 0 Å². The Kier molecular flexibility index (Phi) is 3.80. The van der Waals surface area contributed by atoms with Crippen LogP contribution in [0.5, 0.6) is 0 Å². The Bertz CT molecular complexity index is 356. The molecular weight excluding hydrogens is 216 g/mol. The van der Waals surface area contributed by atoms with Crippen molar-refractivity contribution in [3.8, 4) is 0 Å². The molecule has 0 saturated heterocycles. The SMILES string of the molecule is CC1(C)CC(=O)C=C(OCC(=O)C(C)(C)C)C1. The van der Waals surface area contributed by atoms with E-state index in [-0.39, 0.29) is 23.6 Å². The lowest BCUT2D eigenvalue weighted by molar-refractivity contribution is -0.130. The molecule has 3 heteroatoms. The van der Waals surface area contributed by atoms with E-state index in [0.29, 0.717) is 12.2 Å².